The highest BCUT2D eigenvalue weighted by Crippen LogP contribution is 2.28. The van der Waals surface area contributed by atoms with E-state index >= 15 is 0 Å². The predicted octanol–water partition coefficient (Wildman–Crippen LogP) is 1.42. The predicted molar refractivity (Wildman–Crippen MR) is 72.9 cm³/mol. The number of aryl methyl sites for hydroxylation is 1. The van der Waals surface area contributed by atoms with Crippen LogP contribution in [0, 0.1) is 0 Å². The Balaban J connectivity index is 1.65. The van der Waals surface area contributed by atoms with E-state index in [0.29, 0.717) is 6.04 Å². The number of anilines is 1. The number of aromatic nitrogens is 1. The van der Waals surface area contributed by atoms with Crippen molar-refractivity contribution in [1.82, 2.24) is 9.47 Å². The highest BCUT2D eigenvalue weighted by Gasteiger charge is 2.31. The molecule has 0 aliphatic carbocycles. The van der Waals surface area contributed by atoms with E-state index in [1.54, 1.807) is 17.7 Å². The van der Waals surface area contributed by atoms with Crippen molar-refractivity contribution >= 4 is 5.69 Å². The molecule has 1 aromatic heterocycles. The van der Waals surface area contributed by atoms with Gasteiger partial charge in [0, 0.05) is 37.9 Å². The Labute approximate surface area is 108 Å². The first-order valence-corrected chi connectivity index (χ1v) is 6.89. The molecule has 1 N–H and O–H groups in total. The molecule has 98 valence electrons. The Morgan fingerprint density at radius 2 is 2.17 bits per heavy atom. The first-order valence-electron chi connectivity index (χ1n) is 6.89. The first kappa shape index (κ1) is 11.8. The van der Waals surface area contributed by atoms with Gasteiger partial charge in [-0.2, -0.15) is 0 Å². The Hall–Kier alpha value is -1.29. The van der Waals surface area contributed by atoms with E-state index in [0.717, 1.165) is 11.7 Å². The number of fused-ring (bicyclic) bond motifs is 1. The molecule has 2 unspecified atom stereocenters. The van der Waals surface area contributed by atoms with Crippen molar-refractivity contribution in [3.63, 3.8) is 0 Å². The molecule has 2 fully saturated rings. The fraction of sp³-hybridized carbons (Fsp3) is 0.643. The second kappa shape index (κ2) is 4.76. The zero-order chi connectivity index (χ0) is 12.5. The SMILES string of the molecule is Cn1cc(NC2CCN3CCCC3C2)ccc1=O. The maximum Gasteiger partial charge on any atom is 0.250 e. The monoisotopic (exact) mass is 247 g/mol. The lowest BCUT2D eigenvalue weighted by molar-refractivity contribution is 0.188. The quantitative estimate of drug-likeness (QED) is 0.859. The van der Waals surface area contributed by atoms with Crippen molar-refractivity contribution in [3.05, 3.63) is 28.7 Å². The van der Waals surface area contributed by atoms with Gasteiger partial charge in [0.2, 0.25) is 5.56 Å². The summed E-state index contributed by atoms with van der Waals surface area (Å²) in [5.41, 5.74) is 1.11. The smallest absolute Gasteiger partial charge is 0.250 e. The number of hydrogen-bond acceptors (Lipinski definition) is 3. The molecule has 18 heavy (non-hydrogen) atoms. The number of pyridine rings is 1. The lowest BCUT2D eigenvalue weighted by Gasteiger charge is -2.35. The highest BCUT2D eigenvalue weighted by atomic mass is 16.1. The van der Waals surface area contributed by atoms with Crippen LogP contribution in [0.1, 0.15) is 25.7 Å². The van der Waals surface area contributed by atoms with Gasteiger partial charge in [-0.3, -0.25) is 4.79 Å². The van der Waals surface area contributed by atoms with Gasteiger partial charge in [0.05, 0.1) is 5.69 Å². The van der Waals surface area contributed by atoms with Crippen LogP contribution in [0.3, 0.4) is 0 Å². The summed E-state index contributed by atoms with van der Waals surface area (Å²) in [6, 6.07) is 4.86. The van der Waals surface area contributed by atoms with Crippen LogP contribution >= 0.6 is 0 Å². The fourth-order valence-corrected chi connectivity index (χ4v) is 3.27. The Morgan fingerprint density at radius 1 is 1.28 bits per heavy atom. The van der Waals surface area contributed by atoms with E-state index in [1.165, 1.54) is 38.8 Å². The molecule has 0 spiro atoms. The standard InChI is InChI=1S/C14H21N3O/c1-16-10-12(4-5-14(16)18)15-11-6-8-17-7-2-3-13(17)9-11/h4-5,10-11,13,15H,2-3,6-9H2,1H3. The summed E-state index contributed by atoms with van der Waals surface area (Å²) in [7, 11) is 1.80. The van der Waals surface area contributed by atoms with Crippen LogP contribution in [0.5, 0.6) is 0 Å². The molecule has 0 aromatic carbocycles. The minimum atomic E-state index is 0.0474. The largest absolute Gasteiger partial charge is 0.381 e. The second-order valence-electron chi connectivity index (χ2n) is 5.56. The van der Waals surface area contributed by atoms with Gasteiger partial charge in [-0.15, -0.1) is 0 Å². The van der Waals surface area contributed by atoms with Gasteiger partial charge in [-0.05, 0) is 38.3 Å². The Bertz CT molecular complexity index is 482. The maximum atomic E-state index is 11.3. The highest BCUT2D eigenvalue weighted by molar-refractivity contribution is 5.41. The summed E-state index contributed by atoms with van der Waals surface area (Å²) in [6.07, 6.45) is 7.05. The average Bonchev–Trinajstić information content (AvgIpc) is 2.81. The van der Waals surface area contributed by atoms with E-state index in [9.17, 15) is 4.79 Å². The maximum absolute atomic E-state index is 11.3. The van der Waals surface area contributed by atoms with Gasteiger partial charge in [0.15, 0.2) is 0 Å². The van der Waals surface area contributed by atoms with Gasteiger partial charge in [0.25, 0.3) is 0 Å². The second-order valence-corrected chi connectivity index (χ2v) is 5.56. The summed E-state index contributed by atoms with van der Waals surface area (Å²) in [5, 5.41) is 3.58. The third kappa shape index (κ3) is 2.29. The van der Waals surface area contributed by atoms with Crippen LogP contribution in [-0.2, 0) is 7.05 Å². The van der Waals surface area contributed by atoms with Crippen molar-refractivity contribution in [3.8, 4) is 0 Å². The average molecular weight is 247 g/mol. The molecule has 1 aromatic rings. The summed E-state index contributed by atoms with van der Waals surface area (Å²) < 4.78 is 1.63. The molecule has 2 aliphatic rings. The molecule has 4 heteroatoms. The van der Waals surface area contributed by atoms with E-state index in [-0.39, 0.29) is 5.56 Å². The minimum Gasteiger partial charge on any atom is -0.381 e. The van der Waals surface area contributed by atoms with Crippen molar-refractivity contribution in [2.24, 2.45) is 7.05 Å². The topological polar surface area (TPSA) is 37.3 Å². The van der Waals surface area contributed by atoms with E-state index in [2.05, 4.69) is 10.2 Å². The number of hydrogen-bond donors (Lipinski definition) is 1. The van der Waals surface area contributed by atoms with E-state index < -0.39 is 0 Å². The number of nitrogens with zero attached hydrogens (tertiary/aromatic N) is 2. The van der Waals surface area contributed by atoms with Crippen LogP contribution in [0.2, 0.25) is 0 Å². The van der Waals surface area contributed by atoms with Crippen LogP contribution < -0.4 is 10.9 Å². The number of piperidine rings is 1. The summed E-state index contributed by atoms with van der Waals surface area (Å²) in [4.78, 5) is 14.0. The van der Waals surface area contributed by atoms with Gasteiger partial charge >= 0.3 is 0 Å². The van der Waals surface area contributed by atoms with Crippen LogP contribution in [0.25, 0.3) is 0 Å². The van der Waals surface area contributed by atoms with Gasteiger partial charge in [-0.25, -0.2) is 0 Å². The summed E-state index contributed by atoms with van der Waals surface area (Å²) in [5.74, 6) is 0. The Kier molecular flexibility index (Phi) is 3.12. The molecule has 3 heterocycles. The molecule has 2 aliphatic heterocycles. The third-order valence-electron chi connectivity index (χ3n) is 4.28. The molecule has 2 atom stereocenters. The fourth-order valence-electron chi connectivity index (χ4n) is 3.27. The number of nitrogens with one attached hydrogen (secondary N) is 1. The normalized spacial score (nSPS) is 28.1. The first-order chi connectivity index (χ1) is 8.72. The zero-order valence-corrected chi connectivity index (χ0v) is 10.9. The molecule has 2 saturated heterocycles. The molecule has 0 amide bonds. The molecule has 0 radical (unpaired) electrons. The lowest BCUT2D eigenvalue weighted by Crippen LogP contribution is -2.42. The van der Waals surface area contributed by atoms with Gasteiger partial charge < -0.3 is 14.8 Å². The van der Waals surface area contributed by atoms with Gasteiger partial charge in [-0.1, -0.05) is 0 Å². The van der Waals surface area contributed by atoms with E-state index in [1.807, 2.05) is 12.3 Å². The molecule has 0 bridgehead atoms. The molecular weight excluding hydrogens is 226 g/mol. The zero-order valence-electron chi connectivity index (χ0n) is 10.9. The van der Waals surface area contributed by atoms with Crippen LogP contribution in [0.4, 0.5) is 5.69 Å². The van der Waals surface area contributed by atoms with Crippen molar-refractivity contribution in [1.29, 1.82) is 0 Å². The minimum absolute atomic E-state index is 0.0474. The molecular formula is C14H21N3O. The van der Waals surface area contributed by atoms with Crippen molar-refractivity contribution in [2.45, 2.75) is 37.8 Å². The summed E-state index contributed by atoms with van der Waals surface area (Å²) in [6.45, 7) is 2.51. The molecule has 0 saturated carbocycles. The van der Waals surface area contributed by atoms with Crippen molar-refractivity contribution in [2.75, 3.05) is 18.4 Å². The lowest BCUT2D eigenvalue weighted by atomic mass is 9.97. The van der Waals surface area contributed by atoms with Crippen LogP contribution in [0.15, 0.2) is 23.1 Å². The summed E-state index contributed by atoms with van der Waals surface area (Å²) >= 11 is 0. The number of rotatable bonds is 2. The van der Waals surface area contributed by atoms with Gasteiger partial charge in [0.1, 0.15) is 0 Å². The Morgan fingerprint density at radius 3 is 3.00 bits per heavy atom. The van der Waals surface area contributed by atoms with Crippen molar-refractivity contribution < 1.29 is 0 Å². The van der Waals surface area contributed by atoms with Crippen LogP contribution in [-0.4, -0.2) is 34.6 Å². The third-order valence-corrected chi connectivity index (χ3v) is 4.28. The molecule has 4 nitrogen and oxygen atoms in total. The van der Waals surface area contributed by atoms with E-state index in [4.69, 9.17) is 0 Å². The molecule has 3 rings (SSSR count).